The van der Waals surface area contributed by atoms with Crippen molar-refractivity contribution in [1.82, 2.24) is 14.5 Å². The topological polar surface area (TPSA) is 78.7 Å². The first-order valence-electron chi connectivity index (χ1n) is 12.6. The molecule has 9 heteroatoms. The number of aromatic nitrogens is 3. The Bertz CT molecular complexity index is 1530. The van der Waals surface area contributed by atoms with Gasteiger partial charge in [0.1, 0.15) is 17.2 Å². The lowest BCUT2D eigenvalue weighted by molar-refractivity contribution is -0.0851. The smallest absolute Gasteiger partial charge is 0.419 e. The maximum absolute atomic E-state index is 13.5. The van der Waals surface area contributed by atoms with Crippen LogP contribution in [0.1, 0.15) is 27.2 Å². The molecule has 2 aliphatic rings. The summed E-state index contributed by atoms with van der Waals surface area (Å²) in [5.41, 5.74) is 3.17. The number of rotatable bonds is 4. The molecule has 5 heterocycles. The van der Waals surface area contributed by atoms with Gasteiger partial charge in [0.15, 0.2) is 0 Å². The van der Waals surface area contributed by atoms with E-state index in [1.807, 2.05) is 57.3 Å². The third-order valence-electron chi connectivity index (χ3n) is 7.16. The second-order valence-corrected chi connectivity index (χ2v) is 11.3. The number of hydrogen-bond donors (Lipinski definition) is 0. The summed E-state index contributed by atoms with van der Waals surface area (Å²) in [6.07, 6.45) is 5.83. The van der Waals surface area contributed by atoms with E-state index in [0.29, 0.717) is 22.0 Å². The van der Waals surface area contributed by atoms with Gasteiger partial charge in [-0.25, -0.2) is 14.3 Å². The predicted molar refractivity (Wildman–Crippen MR) is 147 cm³/mol. The van der Waals surface area contributed by atoms with Crippen LogP contribution in [0, 0.1) is 0 Å². The lowest BCUT2D eigenvalue weighted by Gasteiger charge is -2.58. The number of pyridine rings is 2. The molecule has 4 aromatic rings. The van der Waals surface area contributed by atoms with Gasteiger partial charge in [0, 0.05) is 41.0 Å². The number of methoxy groups -OCH3 is 1. The van der Waals surface area contributed by atoms with E-state index in [1.165, 1.54) is 0 Å². The lowest BCUT2D eigenvalue weighted by atomic mass is 9.83. The van der Waals surface area contributed by atoms with Gasteiger partial charge in [0.05, 0.1) is 48.3 Å². The molecule has 8 nitrogen and oxygen atoms in total. The number of hydrogen-bond acceptors (Lipinski definition) is 7. The maximum Gasteiger partial charge on any atom is 0.419 e. The maximum atomic E-state index is 13.5. The fraction of sp³-hybridized carbons (Fsp3) is 0.345. The van der Waals surface area contributed by atoms with E-state index in [9.17, 15) is 4.79 Å². The summed E-state index contributed by atoms with van der Waals surface area (Å²) >= 11 is 6.76. The molecular weight excluding hydrogens is 504 g/mol. The van der Waals surface area contributed by atoms with Gasteiger partial charge in [-0.05, 0) is 63.6 Å². The van der Waals surface area contributed by atoms with E-state index in [0.717, 1.165) is 54.1 Å². The fourth-order valence-electron chi connectivity index (χ4n) is 5.08. The minimum Gasteiger partial charge on any atom is -0.495 e. The summed E-state index contributed by atoms with van der Waals surface area (Å²) in [7, 11) is 1.60. The third kappa shape index (κ3) is 4.18. The molecule has 0 saturated carbocycles. The number of halogens is 1. The van der Waals surface area contributed by atoms with Gasteiger partial charge in [-0.2, -0.15) is 0 Å². The van der Waals surface area contributed by atoms with Crippen molar-refractivity contribution in [3.05, 3.63) is 60.0 Å². The SMILES string of the molecule is COc1cncc(-c2cc3cc(-c4ccc(N5CCC56COC6)nc4)n(C(=O)OC(C)(C)C)c3cc2Cl)c1. The molecule has 38 heavy (non-hydrogen) atoms. The monoisotopic (exact) mass is 532 g/mol. The zero-order valence-corrected chi connectivity index (χ0v) is 22.6. The third-order valence-corrected chi connectivity index (χ3v) is 7.47. The Labute approximate surface area is 226 Å². The van der Waals surface area contributed by atoms with Crippen LogP contribution in [-0.4, -0.2) is 58.6 Å². The molecule has 0 unspecified atom stereocenters. The highest BCUT2D eigenvalue weighted by molar-refractivity contribution is 6.34. The number of ether oxygens (including phenoxy) is 3. The molecule has 2 fully saturated rings. The van der Waals surface area contributed by atoms with E-state index >= 15 is 0 Å². The van der Waals surface area contributed by atoms with Gasteiger partial charge in [0.25, 0.3) is 0 Å². The van der Waals surface area contributed by atoms with Gasteiger partial charge < -0.3 is 19.1 Å². The van der Waals surface area contributed by atoms with Crippen LogP contribution >= 0.6 is 11.6 Å². The van der Waals surface area contributed by atoms with Crippen molar-refractivity contribution >= 4 is 34.4 Å². The van der Waals surface area contributed by atoms with Crippen molar-refractivity contribution in [3.8, 4) is 28.1 Å². The van der Waals surface area contributed by atoms with Crippen LogP contribution in [0.5, 0.6) is 5.75 Å². The molecule has 2 aliphatic heterocycles. The summed E-state index contributed by atoms with van der Waals surface area (Å²) in [6.45, 7) is 8.00. The molecule has 6 rings (SSSR count). The van der Waals surface area contributed by atoms with E-state index < -0.39 is 11.7 Å². The van der Waals surface area contributed by atoms with Crippen LogP contribution < -0.4 is 9.64 Å². The Balaban J connectivity index is 1.45. The molecule has 0 aliphatic carbocycles. The molecule has 2 saturated heterocycles. The minimum atomic E-state index is -0.667. The molecule has 0 bridgehead atoms. The Morgan fingerprint density at radius 1 is 1.08 bits per heavy atom. The molecule has 0 amide bonds. The number of nitrogens with zero attached hydrogens (tertiary/aromatic N) is 4. The molecule has 0 atom stereocenters. The van der Waals surface area contributed by atoms with Gasteiger partial charge in [-0.1, -0.05) is 11.6 Å². The van der Waals surface area contributed by atoms with E-state index in [4.69, 9.17) is 30.8 Å². The van der Waals surface area contributed by atoms with Crippen molar-refractivity contribution < 1.29 is 19.0 Å². The Hall–Kier alpha value is -3.62. The van der Waals surface area contributed by atoms with Crippen LogP contribution in [0.25, 0.3) is 33.3 Å². The number of benzene rings is 1. The standard InChI is InChI=1S/C29H29ClN4O4/c1-28(2,3)38-27(35)34-24(18-5-6-26(32-14-18)33-8-7-29(33)16-37-17-29)11-19-10-22(23(30)12-25(19)34)20-9-21(36-4)15-31-13-20/h5-6,9-15H,7-8,16-17H2,1-4H3. The Morgan fingerprint density at radius 3 is 2.50 bits per heavy atom. The van der Waals surface area contributed by atoms with Gasteiger partial charge in [-0.3, -0.25) is 4.98 Å². The van der Waals surface area contributed by atoms with Gasteiger partial charge in [0.2, 0.25) is 0 Å². The normalized spacial score (nSPS) is 16.3. The van der Waals surface area contributed by atoms with E-state index in [2.05, 4.69) is 9.88 Å². The van der Waals surface area contributed by atoms with Crippen molar-refractivity contribution in [2.24, 2.45) is 0 Å². The lowest BCUT2D eigenvalue weighted by Crippen LogP contribution is -2.71. The number of carbonyl (C=O) groups excluding carboxylic acids is 1. The van der Waals surface area contributed by atoms with Gasteiger partial charge in [-0.15, -0.1) is 0 Å². The molecule has 3 aromatic heterocycles. The Kier molecular flexibility index (Phi) is 5.85. The van der Waals surface area contributed by atoms with Crippen LogP contribution in [-0.2, 0) is 9.47 Å². The van der Waals surface area contributed by atoms with Crippen molar-refractivity contribution in [2.45, 2.75) is 38.3 Å². The summed E-state index contributed by atoms with van der Waals surface area (Å²) in [5, 5.41) is 1.33. The summed E-state index contributed by atoms with van der Waals surface area (Å²) < 4.78 is 18.2. The summed E-state index contributed by atoms with van der Waals surface area (Å²) in [4.78, 5) is 24.8. The van der Waals surface area contributed by atoms with Crippen molar-refractivity contribution in [3.63, 3.8) is 0 Å². The summed E-state index contributed by atoms with van der Waals surface area (Å²) in [6, 6.07) is 11.6. The predicted octanol–water partition coefficient (Wildman–Crippen LogP) is 6.19. The first-order valence-corrected chi connectivity index (χ1v) is 12.9. The number of anilines is 1. The second kappa shape index (κ2) is 8.99. The highest BCUT2D eigenvalue weighted by Gasteiger charge is 2.51. The first-order chi connectivity index (χ1) is 18.2. The second-order valence-electron chi connectivity index (χ2n) is 10.9. The molecule has 1 spiro atoms. The molecular formula is C29H29ClN4O4. The zero-order chi connectivity index (χ0) is 26.7. The Morgan fingerprint density at radius 2 is 1.89 bits per heavy atom. The quantitative estimate of drug-likeness (QED) is 0.310. The first kappa shape index (κ1) is 24.7. The highest BCUT2D eigenvalue weighted by atomic mass is 35.5. The molecule has 0 radical (unpaired) electrons. The fourth-order valence-corrected chi connectivity index (χ4v) is 5.35. The number of fused-ring (bicyclic) bond motifs is 1. The van der Waals surface area contributed by atoms with Crippen LogP contribution in [0.2, 0.25) is 5.02 Å². The van der Waals surface area contributed by atoms with Crippen molar-refractivity contribution in [1.29, 1.82) is 0 Å². The largest absolute Gasteiger partial charge is 0.495 e. The van der Waals surface area contributed by atoms with E-state index in [1.54, 1.807) is 30.1 Å². The summed E-state index contributed by atoms with van der Waals surface area (Å²) in [5.74, 6) is 1.55. The highest BCUT2D eigenvalue weighted by Crippen LogP contribution is 2.41. The average molecular weight is 533 g/mol. The molecule has 196 valence electrons. The number of carbonyl (C=O) groups is 1. The van der Waals surface area contributed by atoms with E-state index in [-0.39, 0.29) is 5.54 Å². The van der Waals surface area contributed by atoms with Crippen LogP contribution in [0.3, 0.4) is 0 Å². The average Bonchev–Trinajstić information content (AvgIpc) is 3.20. The minimum absolute atomic E-state index is 0.0993. The van der Waals surface area contributed by atoms with Crippen molar-refractivity contribution in [2.75, 3.05) is 31.8 Å². The zero-order valence-electron chi connectivity index (χ0n) is 21.8. The van der Waals surface area contributed by atoms with Gasteiger partial charge >= 0.3 is 6.09 Å². The molecule has 1 aromatic carbocycles. The van der Waals surface area contributed by atoms with Crippen LogP contribution in [0.15, 0.2) is 55.0 Å². The van der Waals surface area contributed by atoms with Crippen LogP contribution in [0.4, 0.5) is 10.6 Å². The molecule has 0 N–H and O–H groups in total.